The SMILES string of the molecule is COc1ccc(CC(O)CC(F)(F)F)cc1. The predicted octanol–water partition coefficient (Wildman–Crippen LogP) is 2.55. The van der Waals surface area contributed by atoms with Crippen molar-refractivity contribution < 1.29 is 23.0 Å². The van der Waals surface area contributed by atoms with Crippen LogP contribution < -0.4 is 4.74 Å². The zero-order chi connectivity index (χ0) is 12.2. The fraction of sp³-hybridized carbons (Fsp3) is 0.455. The molecule has 1 unspecified atom stereocenters. The number of hydrogen-bond donors (Lipinski definition) is 1. The number of halogens is 3. The molecule has 0 aliphatic rings. The Labute approximate surface area is 91.7 Å². The van der Waals surface area contributed by atoms with E-state index in [0.29, 0.717) is 11.3 Å². The monoisotopic (exact) mass is 234 g/mol. The second-order valence-electron chi connectivity index (χ2n) is 3.53. The summed E-state index contributed by atoms with van der Waals surface area (Å²) in [6.45, 7) is 0. The Hall–Kier alpha value is -1.23. The average molecular weight is 234 g/mol. The zero-order valence-corrected chi connectivity index (χ0v) is 8.79. The molecule has 0 saturated heterocycles. The molecule has 0 saturated carbocycles. The Morgan fingerprint density at radius 1 is 1.25 bits per heavy atom. The van der Waals surface area contributed by atoms with Crippen LogP contribution in [0.3, 0.4) is 0 Å². The summed E-state index contributed by atoms with van der Waals surface area (Å²) >= 11 is 0. The van der Waals surface area contributed by atoms with Gasteiger partial charge in [-0.25, -0.2) is 0 Å². The molecule has 0 fully saturated rings. The van der Waals surface area contributed by atoms with E-state index in [1.807, 2.05) is 0 Å². The van der Waals surface area contributed by atoms with Crippen molar-refractivity contribution in [2.24, 2.45) is 0 Å². The molecule has 0 aliphatic carbocycles. The first-order chi connectivity index (χ1) is 7.40. The van der Waals surface area contributed by atoms with Gasteiger partial charge < -0.3 is 9.84 Å². The van der Waals surface area contributed by atoms with E-state index in [2.05, 4.69) is 0 Å². The molecule has 0 bridgehead atoms. The van der Waals surface area contributed by atoms with Crippen molar-refractivity contribution in [1.82, 2.24) is 0 Å². The summed E-state index contributed by atoms with van der Waals surface area (Å²) < 4.78 is 40.8. The number of aliphatic hydroxyl groups excluding tert-OH is 1. The molecule has 1 aromatic rings. The van der Waals surface area contributed by atoms with Gasteiger partial charge in [-0.3, -0.25) is 0 Å². The van der Waals surface area contributed by atoms with E-state index in [4.69, 9.17) is 4.74 Å². The van der Waals surface area contributed by atoms with Crippen molar-refractivity contribution in [1.29, 1.82) is 0 Å². The molecule has 0 aliphatic heterocycles. The molecular weight excluding hydrogens is 221 g/mol. The highest BCUT2D eigenvalue weighted by molar-refractivity contribution is 5.27. The maximum absolute atomic E-state index is 11.9. The van der Waals surface area contributed by atoms with Gasteiger partial charge in [-0.2, -0.15) is 13.2 Å². The van der Waals surface area contributed by atoms with E-state index < -0.39 is 18.7 Å². The Morgan fingerprint density at radius 2 is 1.81 bits per heavy atom. The fourth-order valence-corrected chi connectivity index (χ4v) is 1.37. The molecule has 5 heteroatoms. The van der Waals surface area contributed by atoms with Gasteiger partial charge in [0, 0.05) is 0 Å². The first-order valence-corrected chi connectivity index (χ1v) is 4.78. The smallest absolute Gasteiger partial charge is 0.391 e. The van der Waals surface area contributed by atoms with Gasteiger partial charge in [-0.15, -0.1) is 0 Å². The lowest BCUT2D eigenvalue weighted by Crippen LogP contribution is -2.21. The van der Waals surface area contributed by atoms with Gasteiger partial charge in [0.2, 0.25) is 0 Å². The molecule has 1 aromatic carbocycles. The maximum Gasteiger partial charge on any atom is 0.391 e. The normalized spacial score (nSPS) is 13.6. The van der Waals surface area contributed by atoms with Crippen LogP contribution in [-0.4, -0.2) is 24.5 Å². The summed E-state index contributed by atoms with van der Waals surface area (Å²) in [5.74, 6) is 0.633. The minimum atomic E-state index is -4.33. The number of methoxy groups -OCH3 is 1. The fourth-order valence-electron chi connectivity index (χ4n) is 1.37. The van der Waals surface area contributed by atoms with Crippen molar-refractivity contribution in [2.45, 2.75) is 25.1 Å². The van der Waals surface area contributed by atoms with Crippen LogP contribution in [0, 0.1) is 0 Å². The van der Waals surface area contributed by atoms with Gasteiger partial charge in [0.1, 0.15) is 5.75 Å². The average Bonchev–Trinajstić information content (AvgIpc) is 2.16. The number of aliphatic hydroxyl groups is 1. The van der Waals surface area contributed by atoms with Crippen LogP contribution in [-0.2, 0) is 6.42 Å². The Morgan fingerprint density at radius 3 is 2.25 bits per heavy atom. The Balaban J connectivity index is 2.53. The summed E-state index contributed by atoms with van der Waals surface area (Å²) in [6.07, 6.45) is -6.91. The molecule has 16 heavy (non-hydrogen) atoms. The van der Waals surface area contributed by atoms with Crippen LogP contribution in [0.5, 0.6) is 5.75 Å². The molecule has 1 N–H and O–H groups in total. The number of rotatable bonds is 4. The molecule has 0 spiro atoms. The van der Waals surface area contributed by atoms with Crippen molar-refractivity contribution in [3.05, 3.63) is 29.8 Å². The lowest BCUT2D eigenvalue weighted by molar-refractivity contribution is -0.153. The topological polar surface area (TPSA) is 29.5 Å². The van der Waals surface area contributed by atoms with E-state index in [1.54, 1.807) is 24.3 Å². The summed E-state index contributed by atoms with van der Waals surface area (Å²) in [6, 6.07) is 6.57. The summed E-state index contributed by atoms with van der Waals surface area (Å²) in [5.41, 5.74) is 0.651. The van der Waals surface area contributed by atoms with Crippen LogP contribution in [0.1, 0.15) is 12.0 Å². The second kappa shape index (κ2) is 5.21. The van der Waals surface area contributed by atoms with E-state index in [9.17, 15) is 18.3 Å². The number of alkyl halides is 3. The first-order valence-electron chi connectivity index (χ1n) is 4.78. The molecule has 0 heterocycles. The van der Waals surface area contributed by atoms with E-state index >= 15 is 0 Å². The maximum atomic E-state index is 11.9. The van der Waals surface area contributed by atoms with Crippen LogP contribution in [0.2, 0.25) is 0 Å². The molecule has 1 atom stereocenters. The third-order valence-corrected chi connectivity index (χ3v) is 2.10. The molecular formula is C11H13F3O2. The van der Waals surface area contributed by atoms with Crippen LogP contribution >= 0.6 is 0 Å². The van der Waals surface area contributed by atoms with E-state index in [0.717, 1.165) is 0 Å². The molecule has 1 rings (SSSR count). The standard InChI is InChI=1S/C11H13F3O2/c1-16-10-4-2-8(3-5-10)6-9(15)7-11(12,13)14/h2-5,9,15H,6-7H2,1H3. The minimum absolute atomic E-state index is 0.0104. The third-order valence-electron chi connectivity index (χ3n) is 2.10. The van der Waals surface area contributed by atoms with Gasteiger partial charge in [0.15, 0.2) is 0 Å². The first kappa shape index (κ1) is 12.8. The molecule has 2 nitrogen and oxygen atoms in total. The lowest BCUT2D eigenvalue weighted by Gasteiger charge is -2.13. The zero-order valence-electron chi connectivity index (χ0n) is 8.79. The highest BCUT2D eigenvalue weighted by Gasteiger charge is 2.30. The highest BCUT2D eigenvalue weighted by Crippen LogP contribution is 2.23. The van der Waals surface area contributed by atoms with Gasteiger partial charge in [0.05, 0.1) is 19.6 Å². The molecule has 0 radical (unpaired) electrons. The quantitative estimate of drug-likeness (QED) is 0.867. The van der Waals surface area contributed by atoms with Crippen LogP contribution in [0.4, 0.5) is 13.2 Å². The van der Waals surface area contributed by atoms with Crippen LogP contribution in [0.15, 0.2) is 24.3 Å². The van der Waals surface area contributed by atoms with E-state index in [1.165, 1.54) is 7.11 Å². The van der Waals surface area contributed by atoms with Gasteiger partial charge in [-0.1, -0.05) is 12.1 Å². The summed E-state index contributed by atoms with van der Waals surface area (Å²) in [4.78, 5) is 0. The summed E-state index contributed by atoms with van der Waals surface area (Å²) in [5, 5.41) is 9.21. The molecule has 90 valence electrons. The largest absolute Gasteiger partial charge is 0.497 e. The Bertz CT molecular complexity index is 319. The van der Waals surface area contributed by atoms with Crippen molar-refractivity contribution >= 4 is 0 Å². The van der Waals surface area contributed by atoms with Gasteiger partial charge in [0.25, 0.3) is 0 Å². The highest BCUT2D eigenvalue weighted by atomic mass is 19.4. The van der Waals surface area contributed by atoms with Crippen LogP contribution in [0.25, 0.3) is 0 Å². The second-order valence-corrected chi connectivity index (χ2v) is 3.53. The minimum Gasteiger partial charge on any atom is -0.497 e. The molecule has 0 aromatic heterocycles. The number of ether oxygens (including phenoxy) is 1. The number of benzene rings is 1. The van der Waals surface area contributed by atoms with Gasteiger partial charge >= 0.3 is 6.18 Å². The third kappa shape index (κ3) is 4.53. The van der Waals surface area contributed by atoms with Crippen molar-refractivity contribution in [2.75, 3.05) is 7.11 Å². The van der Waals surface area contributed by atoms with Gasteiger partial charge in [-0.05, 0) is 24.1 Å². The Kier molecular flexibility index (Phi) is 4.18. The summed E-state index contributed by atoms with van der Waals surface area (Å²) in [7, 11) is 1.51. The lowest BCUT2D eigenvalue weighted by atomic mass is 10.1. The van der Waals surface area contributed by atoms with Crippen molar-refractivity contribution in [3.8, 4) is 5.75 Å². The molecule has 0 amide bonds. The number of hydrogen-bond acceptors (Lipinski definition) is 2. The predicted molar refractivity (Wildman–Crippen MR) is 53.4 cm³/mol. The van der Waals surface area contributed by atoms with Crippen molar-refractivity contribution in [3.63, 3.8) is 0 Å². The van der Waals surface area contributed by atoms with E-state index in [-0.39, 0.29) is 6.42 Å².